The van der Waals surface area contributed by atoms with Crippen molar-refractivity contribution in [1.29, 1.82) is 0 Å². The molecule has 0 unspecified atom stereocenters. The van der Waals surface area contributed by atoms with Gasteiger partial charge in [-0.2, -0.15) is 4.68 Å². The van der Waals surface area contributed by atoms with Crippen molar-refractivity contribution < 1.29 is 17.2 Å². The van der Waals surface area contributed by atoms with Crippen LogP contribution in [0.1, 0.15) is 12.0 Å². The maximum absolute atomic E-state index is 13.1. The summed E-state index contributed by atoms with van der Waals surface area (Å²) in [7, 11) is -3.28. The van der Waals surface area contributed by atoms with E-state index in [1.807, 2.05) is 4.90 Å². The molecule has 0 aliphatic carbocycles. The Hall–Kier alpha value is -2.94. The number of hydrogen-bond acceptors (Lipinski definition) is 6. The predicted molar refractivity (Wildman–Crippen MR) is 101 cm³/mol. The van der Waals surface area contributed by atoms with Crippen molar-refractivity contribution in [2.45, 2.75) is 24.4 Å². The van der Waals surface area contributed by atoms with E-state index in [2.05, 4.69) is 5.10 Å². The van der Waals surface area contributed by atoms with Crippen molar-refractivity contribution in [1.82, 2.24) is 9.78 Å². The number of hydrogen-bond donors (Lipinski definition) is 0. The molecular weight excluding hydrogens is 385 g/mol. The van der Waals surface area contributed by atoms with Gasteiger partial charge in [0.25, 0.3) is 0 Å². The smallest absolute Gasteiger partial charge is 0.388 e. The second kappa shape index (κ2) is 6.90. The quantitative estimate of drug-likeness (QED) is 0.665. The van der Waals surface area contributed by atoms with Gasteiger partial charge in [0.05, 0.1) is 4.90 Å². The second-order valence-electron chi connectivity index (χ2n) is 6.75. The van der Waals surface area contributed by atoms with Crippen LogP contribution in [0.15, 0.2) is 56.6 Å². The highest BCUT2D eigenvalue weighted by Gasteiger charge is 2.21. The average Bonchev–Trinajstić information content (AvgIpc) is 3.02. The molecule has 1 aliphatic rings. The van der Waals surface area contributed by atoms with Gasteiger partial charge in [-0.15, -0.1) is 5.10 Å². The molecule has 146 valence electrons. The van der Waals surface area contributed by atoms with Crippen LogP contribution >= 0.6 is 0 Å². The summed E-state index contributed by atoms with van der Waals surface area (Å²) in [6, 6.07) is 10.6. The molecule has 7 nitrogen and oxygen atoms in total. The third-order valence-corrected chi connectivity index (χ3v) is 5.81. The molecule has 1 aliphatic heterocycles. The number of nitrogens with zero attached hydrogens (tertiary/aromatic N) is 3. The highest BCUT2D eigenvalue weighted by atomic mass is 32.2. The van der Waals surface area contributed by atoms with Crippen molar-refractivity contribution in [3.63, 3.8) is 0 Å². The minimum Gasteiger partial charge on any atom is -0.388 e. The number of halogens is 1. The molecular formula is C19H18FN3O4S. The third-order valence-electron chi connectivity index (χ3n) is 4.70. The Kier molecular flexibility index (Phi) is 4.54. The van der Waals surface area contributed by atoms with E-state index in [0.29, 0.717) is 12.1 Å². The van der Waals surface area contributed by atoms with E-state index in [-0.39, 0.29) is 23.3 Å². The lowest BCUT2D eigenvalue weighted by molar-refractivity contribution is 0.468. The van der Waals surface area contributed by atoms with Gasteiger partial charge in [0.15, 0.2) is 9.84 Å². The number of fused-ring (bicyclic) bond motifs is 1. The SMILES string of the molecule is CS(=O)(=O)c1ccc2c(c1)CCCN2Cn1nc(-c2ccc(F)cc2)oc1=O. The number of aromatic nitrogens is 2. The zero-order valence-corrected chi connectivity index (χ0v) is 15.9. The first kappa shape index (κ1) is 18.4. The lowest BCUT2D eigenvalue weighted by Gasteiger charge is -2.30. The largest absolute Gasteiger partial charge is 0.439 e. The van der Waals surface area contributed by atoms with Crippen molar-refractivity contribution in [3.8, 4) is 11.5 Å². The monoisotopic (exact) mass is 403 g/mol. The van der Waals surface area contributed by atoms with E-state index in [1.54, 1.807) is 18.2 Å². The molecule has 28 heavy (non-hydrogen) atoms. The molecule has 0 saturated carbocycles. The minimum atomic E-state index is -3.28. The Morgan fingerprint density at radius 2 is 1.93 bits per heavy atom. The van der Waals surface area contributed by atoms with Gasteiger partial charge in [0.2, 0.25) is 5.89 Å². The highest BCUT2D eigenvalue weighted by molar-refractivity contribution is 7.90. The average molecular weight is 403 g/mol. The fourth-order valence-electron chi connectivity index (χ4n) is 3.30. The van der Waals surface area contributed by atoms with Crippen LogP contribution in [0.5, 0.6) is 0 Å². The molecule has 0 spiro atoms. The molecule has 3 aromatic rings. The summed E-state index contributed by atoms with van der Waals surface area (Å²) in [6.45, 7) is 0.880. The summed E-state index contributed by atoms with van der Waals surface area (Å²) >= 11 is 0. The fourth-order valence-corrected chi connectivity index (χ4v) is 3.97. The van der Waals surface area contributed by atoms with Crippen LogP contribution in [0.2, 0.25) is 0 Å². The normalized spacial score (nSPS) is 14.1. The van der Waals surface area contributed by atoms with Gasteiger partial charge in [-0.05, 0) is 60.9 Å². The number of anilines is 1. The summed E-state index contributed by atoms with van der Waals surface area (Å²) in [6.07, 6.45) is 2.78. The van der Waals surface area contributed by atoms with Crippen molar-refractivity contribution in [2.24, 2.45) is 0 Å². The lowest BCUT2D eigenvalue weighted by atomic mass is 10.0. The Labute approximate surface area is 160 Å². The topological polar surface area (TPSA) is 85.4 Å². The summed E-state index contributed by atoms with van der Waals surface area (Å²) in [5.74, 6) is -0.877. The van der Waals surface area contributed by atoms with E-state index >= 15 is 0 Å². The molecule has 2 heterocycles. The van der Waals surface area contributed by atoms with E-state index in [1.165, 1.54) is 35.2 Å². The number of benzene rings is 2. The van der Waals surface area contributed by atoms with E-state index in [4.69, 9.17) is 4.42 Å². The Bertz CT molecular complexity index is 1180. The van der Waals surface area contributed by atoms with Crippen LogP contribution in [-0.2, 0) is 22.9 Å². The Morgan fingerprint density at radius 3 is 2.64 bits per heavy atom. The number of rotatable bonds is 4. The molecule has 0 saturated heterocycles. The van der Waals surface area contributed by atoms with E-state index in [9.17, 15) is 17.6 Å². The summed E-state index contributed by atoms with van der Waals surface area (Å²) in [5, 5.41) is 4.21. The van der Waals surface area contributed by atoms with Gasteiger partial charge in [0, 0.05) is 24.1 Å². The van der Waals surface area contributed by atoms with Crippen molar-refractivity contribution in [3.05, 3.63) is 64.4 Å². The first-order valence-electron chi connectivity index (χ1n) is 8.73. The first-order valence-corrected chi connectivity index (χ1v) is 10.6. The van der Waals surface area contributed by atoms with Gasteiger partial charge in [0.1, 0.15) is 12.5 Å². The summed E-state index contributed by atoms with van der Waals surface area (Å²) in [5.41, 5.74) is 2.30. The maximum atomic E-state index is 13.1. The predicted octanol–water partition coefficient (Wildman–Crippen LogP) is 2.46. The van der Waals surface area contributed by atoms with E-state index < -0.39 is 15.6 Å². The fraction of sp³-hybridized carbons (Fsp3) is 0.263. The van der Waals surface area contributed by atoms with Crippen molar-refractivity contribution >= 4 is 15.5 Å². The van der Waals surface area contributed by atoms with Crippen LogP contribution in [0.25, 0.3) is 11.5 Å². The molecule has 0 bridgehead atoms. The van der Waals surface area contributed by atoms with Crippen LogP contribution in [0, 0.1) is 5.82 Å². The lowest BCUT2D eigenvalue weighted by Crippen LogP contribution is -2.35. The van der Waals surface area contributed by atoms with Gasteiger partial charge in [-0.25, -0.2) is 17.6 Å². The van der Waals surface area contributed by atoms with Gasteiger partial charge < -0.3 is 9.32 Å². The van der Waals surface area contributed by atoms with Gasteiger partial charge in [-0.3, -0.25) is 0 Å². The zero-order valence-electron chi connectivity index (χ0n) is 15.1. The highest BCUT2D eigenvalue weighted by Crippen LogP contribution is 2.29. The van der Waals surface area contributed by atoms with Crippen LogP contribution in [0.4, 0.5) is 10.1 Å². The number of sulfone groups is 1. The van der Waals surface area contributed by atoms with Crippen LogP contribution in [0.3, 0.4) is 0 Å². The third kappa shape index (κ3) is 3.57. The van der Waals surface area contributed by atoms with Crippen LogP contribution < -0.4 is 10.7 Å². The number of aryl methyl sites for hydroxylation is 1. The summed E-state index contributed by atoms with van der Waals surface area (Å²) < 4.78 is 43.1. The van der Waals surface area contributed by atoms with E-state index in [0.717, 1.165) is 24.1 Å². The molecule has 2 aromatic carbocycles. The molecule has 0 N–H and O–H groups in total. The molecule has 0 fully saturated rings. The maximum Gasteiger partial charge on any atom is 0.439 e. The van der Waals surface area contributed by atoms with Gasteiger partial charge >= 0.3 is 5.76 Å². The van der Waals surface area contributed by atoms with Crippen LogP contribution in [-0.4, -0.2) is 31.0 Å². The molecule has 0 atom stereocenters. The molecule has 4 rings (SSSR count). The molecule has 0 amide bonds. The standard InChI is InChI=1S/C19H18FN3O4S/c1-28(25,26)16-8-9-17-14(11-16)3-2-10-22(17)12-23-19(24)27-18(21-23)13-4-6-15(20)7-5-13/h4-9,11H,2-3,10,12H2,1H3. The Morgan fingerprint density at radius 1 is 1.18 bits per heavy atom. The molecule has 9 heteroatoms. The summed E-state index contributed by atoms with van der Waals surface area (Å²) in [4.78, 5) is 14.4. The Balaban J connectivity index is 1.63. The van der Waals surface area contributed by atoms with Gasteiger partial charge in [-0.1, -0.05) is 0 Å². The molecule has 0 radical (unpaired) electrons. The van der Waals surface area contributed by atoms with Crippen molar-refractivity contribution in [2.75, 3.05) is 17.7 Å². The second-order valence-corrected chi connectivity index (χ2v) is 8.77. The zero-order chi connectivity index (χ0) is 19.9. The minimum absolute atomic E-state index is 0.120. The first-order chi connectivity index (χ1) is 13.3. The molecule has 1 aromatic heterocycles.